The second kappa shape index (κ2) is 5.85. The number of nitrogens with zero attached hydrogens (tertiary/aromatic N) is 3. The number of hydrogen-bond donors (Lipinski definition) is 1. The highest BCUT2D eigenvalue weighted by molar-refractivity contribution is 5.92. The van der Waals surface area contributed by atoms with Crippen molar-refractivity contribution in [1.82, 2.24) is 19.6 Å². The summed E-state index contributed by atoms with van der Waals surface area (Å²) in [6, 6.07) is 5.88. The Hall–Kier alpha value is -1.88. The number of hydrogen-bond acceptors (Lipinski definition) is 3. The van der Waals surface area contributed by atoms with E-state index in [2.05, 4.69) is 22.1 Å². The van der Waals surface area contributed by atoms with E-state index in [4.69, 9.17) is 0 Å². The molecular formula is C16H22N4O. The summed E-state index contributed by atoms with van der Waals surface area (Å²) in [5, 5.41) is 3.02. The molecule has 5 heteroatoms. The van der Waals surface area contributed by atoms with E-state index in [1.807, 2.05) is 35.7 Å². The van der Waals surface area contributed by atoms with Crippen LogP contribution in [0.25, 0.3) is 5.65 Å². The van der Waals surface area contributed by atoms with Crippen molar-refractivity contribution >= 4 is 11.6 Å². The molecule has 0 saturated carbocycles. The van der Waals surface area contributed by atoms with E-state index in [0.29, 0.717) is 11.6 Å². The normalized spacial score (nSPS) is 19.2. The third kappa shape index (κ3) is 2.93. The van der Waals surface area contributed by atoms with Gasteiger partial charge < -0.3 is 14.6 Å². The van der Waals surface area contributed by atoms with Gasteiger partial charge >= 0.3 is 0 Å². The van der Waals surface area contributed by atoms with Crippen LogP contribution in [-0.4, -0.2) is 46.4 Å². The molecule has 1 unspecified atom stereocenters. The molecule has 1 fully saturated rings. The maximum Gasteiger partial charge on any atom is 0.271 e. The molecule has 1 amide bonds. The maximum atomic E-state index is 12.2. The zero-order chi connectivity index (χ0) is 14.8. The van der Waals surface area contributed by atoms with Gasteiger partial charge in [0.05, 0.1) is 0 Å². The highest BCUT2D eigenvalue weighted by atomic mass is 16.1. The number of pyridine rings is 1. The Morgan fingerprint density at radius 2 is 2.33 bits per heavy atom. The van der Waals surface area contributed by atoms with Crippen LogP contribution in [0.2, 0.25) is 0 Å². The number of amides is 1. The van der Waals surface area contributed by atoms with E-state index in [1.165, 1.54) is 6.42 Å². The van der Waals surface area contributed by atoms with Crippen LogP contribution in [0.1, 0.15) is 29.5 Å². The zero-order valence-electron chi connectivity index (χ0n) is 12.7. The number of aryl methyl sites for hydroxylation is 1. The summed E-state index contributed by atoms with van der Waals surface area (Å²) in [7, 11) is 0. The van der Waals surface area contributed by atoms with Gasteiger partial charge in [0.15, 0.2) is 0 Å². The van der Waals surface area contributed by atoms with E-state index in [0.717, 1.165) is 37.5 Å². The quantitative estimate of drug-likeness (QED) is 0.931. The minimum atomic E-state index is -0.0759. The Morgan fingerprint density at radius 3 is 3.05 bits per heavy atom. The van der Waals surface area contributed by atoms with Crippen molar-refractivity contribution in [2.24, 2.45) is 5.92 Å². The first-order valence-electron chi connectivity index (χ1n) is 7.62. The smallest absolute Gasteiger partial charge is 0.271 e. The van der Waals surface area contributed by atoms with Crippen molar-refractivity contribution in [2.45, 2.75) is 20.3 Å². The van der Waals surface area contributed by atoms with Crippen LogP contribution in [0, 0.1) is 12.8 Å². The van der Waals surface area contributed by atoms with E-state index in [9.17, 15) is 4.79 Å². The van der Waals surface area contributed by atoms with Gasteiger partial charge in [-0.15, -0.1) is 0 Å². The second-order valence-corrected chi connectivity index (χ2v) is 5.78. The molecule has 5 nitrogen and oxygen atoms in total. The standard InChI is InChI=1S/C16H22N4O/c1-3-19-8-7-13(10-19)9-17-16(21)14-11-20-12(2)5-4-6-15(20)18-14/h4-6,11,13H,3,7-10H2,1-2H3,(H,17,21). The molecule has 1 N–H and O–H groups in total. The molecule has 0 radical (unpaired) electrons. The highest BCUT2D eigenvalue weighted by Gasteiger charge is 2.22. The van der Waals surface area contributed by atoms with Gasteiger partial charge in [-0.3, -0.25) is 4.79 Å². The lowest BCUT2D eigenvalue weighted by atomic mass is 10.1. The summed E-state index contributed by atoms with van der Waals surface area (Å²) >= 11 is 0. The van der Waals surface area contributed by atoms with Gasteiger partial charge in [-0.2, -0.15) is 0 Å². The second-order valence-electron chi connectivity index (χ2n) is 5.78. The molecule has 1 aliphatic heterocycles. The van der Waals surface area contributed by atoms with Gasteiger partial charge in [-0.25, -0.2) is 4.98 Å². The van der Waals surface area contributed by atoms with Crippen LogP contribution in [0.4, 0.5) is 0 Å². The Morgan fingerprint density at radius 1 is 1.48 bits per heavy atom. The molecule has 2 aromatic heterocycles. The largest absolute Gasteiger partial charge is 0.350 e. The van der Waals surface area contributed by atoms with Crippen LogP contribution < -0.4 is 5.32 Å². The molecule has 112 valence electrons. The number of imidazole rings is 1. The monoisotopic (exact) mass is 286 g/mol. The molecule has 1 atom stereocenters. The Labute approximate surface area is 125 Å². The van der Waals surface area contributed by atoms with Gasteiger partial charge in [0.1, 0.15) is 11.3 Å². The van der Waals surface area contributed by atoms with Crippen molar-refractivity contribution < 1.29 is 4.79 Å². The molecule has 1 saturated heterocycles. The number of rotatable bonds is 4. The summed E-state index contributed by atoms with van der Waals surface area (Å²) in [6.07, 6.45) is 2.98. The minimum absolute atomic E-state index is 0.0759. The average Bonchev–Trinajstić information content (AvgIpc) is 3.12. The van der Waals surface area contributed by atoms with Crippen molar-refractivity contribution in [3.8, 4) is 0 Å². The molecule has 3 heterocycles. The summed E-state index contributed by atoms with van der Waals surface area (Å²) in [5.41, 5.74) is 2.39. The first kappa shape index (κ1) is 14.1. The summed E-state index contributed by atoms with van der Waals surface area (Å²) < 4.78 is 1.95. The fourth-order valence-corrected chi connectivity index (χ4v) is 2.95. The lowest BCUT2D eigenvalue weighted by Gasteiger charge is -2.13. The van der Waals surface area contributed by atoms with E-state index < -0.39 is 0 Å². The van der Waals surface area contributed by atoms with E-state index in [1.54, 1.807) is 0 Å². The van der Waals surface area contributed by atoms with E-state index in [-0.39, 0.29) is 5.91 Å². The van der Waals surface area contributed by atoms with Gasteiger partial charge in [0.25, 0.3) is 5.91 Å². The molecule has 0 aromatic carbocycles. The third-order valence-corrected chi connectivity index (χ3v) is 4.30. The minimum Gasteiger partial charge on any atom is -0.350 e. The number of aromatic nitrogens is 2. The van der Waals surface area contributed by atoms with E-state index >= 15 is 0 Å². The van der Waals surface area contributed by atoms with Crippen LogP contribution in [0.3, 0.4) is 0 Å². The predicted octanol–water partition coefficient (Wildman–Crippen LogP) is 1.71. The topological polar surface area (TPSA) is 49.6 Å². The molecule has 21 heavy (non-hydrogen) atoms. The van der Waals surface area contributed by atoms with Crippen LogP contribution in [-0.2, 0) is 0 Å². The number of likely N-dealkylation sites (tertiary alicyclic amines) is 1. The highest BCUT2D eigenvalue weighted by Crippen LogP contribution is 2.15. The zero-order valence-corrected chi connectivity index (χ0v) is 12.7. The Bertz CT molecular complexity index is 649. The van der Waals surface area contributed by atoms with Crippen molar-refractivity contribution in [1.29, 1.82) is 0 Å². The number of carbonyl (C=O) groups excluding carboxylic acids is 1. The van der Waals surface area contributed by atoms with Crippen LogP contribution in [0.15, 0.2) is 24.4 Å². The molecule has 0 bridgehead atoms. The first-order valence-corrected chi connectivity index (χ1v) is 7.62. The van der Waals surface area contributed by atoms with Crippen LogP contribution in [0.5, 0.6) is 0 Å². The summed E-state index contributed by atoms with van der Waals surface area (Å²) in [5.74, 6) is 0.487. The summed E-state index contributed by atoms with van der Waals surface area (Å²) in [6.45, 7) is 8.25. The third-order valence-electron chi connectivity index (χ3n) is 4.30. The SMILES string of the molecule is CCN1CCC(CNC(=O)c2cn3c(C)cccc3n2)C1. The molecule has 1 aliphatic rings. The molecule has 0 aliphatic carbocycles. The first-order chi connectivity index (χ1) is 10.2. The lowest BCUT2D eigenvalue weighted by Crippen LogP contribution is -2.31. The van der Waals surface area contributed by atoms with Crippen LogP contribution >= 0.6 is 0 Å². The number of fused-ring (bicyclic) bond motifs is 1. The maximum absolute atomic E-state index is 12.2. The average molecular weight is 286 g/mol. The Kier molecular flexibility index (Phi) is 3.92. The Balaban J connectivity index is 1.63. The van der Waals surface area contributed by atoms with Gasteiger partial charge in [0, 0.05) is 25.0 Å². The molecule has 2 aromatic rings. The fourth-order valence-electron chi connectivity index (χ4n) is 2.95. The molecule has 0 spiro atoms. The fraction of sp³-hybridized carbons (Fsp3) is 0.500. The van der Waals surface area contributed by atoms with Gasteiger partial charge in [-0.05, 0) is 44.5 Å². The van der Waals surface area contributed by atoms with Crippen molar-refractivity contribution in [3.05, 3.63) is 35.8 Å². The molecule has 3 rings (SSSR count). The molecular weight excluding hydrogens is 264 g/mol. The lowest BCUT2D eigenvalue weighted by molar-refractivity contribution is 0.0943. The van der Waals surface area contributed by atoms with Crippen molar-refractivity contribution in [3.63, 3.8) is 0 Å². The number of carbonyl (C=O) groups is 1. The predicted molar refractivity (Wildman–Crippen MR) is 82.5 cm³/mol. The van der Waals surface area contributed by atoms with Gasteiger partial charge in [0.2, 0.25) is 0 Å². The summed E-state index contributed by atoms with van der Waals surface area (Å²) in [4.78, 5) is 19.0. The van der Waals surface area contributed by atoms with Crippen molar-refractivity contribution in [2.75, 3.05) is 26.2 Å². The number of nitrogens with one attached hydrogen (secondary N) is 1. The van der Waals surface area contributed by atoms with Gasteiger partial charge in [-0.1, -0.05) is 13.0 Å².